The van der Waals surface area contributed by atoms with Gasteiger partial charge in [0.15, 0.2) is 0 Å². The van der Waals surface area contributed by atoms with E-state index in [0.717, 1.165) is 6.07 Å². The van der Waals surface area contributed by atoms with Gasteiger partial charge in [0.2, 0.25) is 5.91 Å². The van der Waals surface area contributed by atoms with Crippen molar-refractivity contribution in [3.63, 3.8) is 0 Å². The Bertz CT molecular complexity index is 546. The fourth-order valence-electron chi connectivity index (χ4n) is 1.61. The number of nitro benzene ring substituents is 1. The molecular formula is C11H15N5O4. The SMILES string of the molecule is CC(CC(N)=O)NC(=O)c1cc([N+](=O)[O-])ccc1NN. The molecule has 0 aliphatic carbocycles. The van der Waals surface area contributed by atoms with E-state index in [2.05, 4.69) is 10.7 Å². The standard InChI is InChI=1S/C11H15N5O4/c1-6(4-10(12)17)14-11(18)8-5-7(16(19)20)2-3-9(8)15-13/h2-3,5-6,15H,4,13H2,1H3,(H2,12,17)(H,14,18). The van der Waals surface area contributed by atoms with Crippen molar-refractivity contribution in [2.45, 2.75) is 19.4 Å². The van der Waals surface area contributed by atoms with Gasteiger partial charge in [-0.15, -0.1) is 0 Å². The first kappa shape index (κ1) is 15.4. The molecule has 1 rings (SSSR count). The highest BCUT2D eigenvalue weighted by atomic mass is 16.6. The molecule has 0 spiro atoms. The van der Waals surface area contributed by atoms with Crippen LogP contribution >= 0.6 is 0 Å². The number of amides is 2. The monoisotopic (exact) mass is 281 g/mol. The number of nitrogen functional groups attached to an aromatic ring is 1. The van der Waals surface area contributed by atoms with Crippen LogP contribution in [0.3, 0.4) is 0 Å². The van der Waals surface area contributed by atoms with E-state index in [0.29, 0.717) is 0 Å². The molecular weight excluding hydrogens is 266 g/mol. The molecule has 0 aromatic heterocycles. The van der Waals surface area contributed by atoms with E-state index in [-0.39, 0.29) is 23.4 Å². The predicted octanol–water partition coefficient (Wildman–Crippen LogP) is -0.126. The van der Waals surface area contributed by atoms with Crippen molar-refractivity contribution in [2.24, 2.45) is 11.6 Å². The normalized spacial score (nSPS) is 11.5. The van der Waals surface area contributed by atoms with Gasteiger partial charge in [0.25, 0.3) is 11.6 Å². The fourth-order valence-corrected chi connectivity index (χ4v) is 1.61. The van der Waals surface area contributed by atoms with Crippen LogP contribution in [0.4, 0.5) is 11.4 Å². The van der Waals surface area contributed by atoms with E-state index in [1.54, 1.807) is 6.92 Å². The van der Waals surface area contributed by atoms with Gasteiger partial charge in [-0.2, -0.15) is 0 Å². The molecule has 0 bridgehead atoms. The number of nitrogens with zero attached hydrogens (tertiary/aromatic N) is 1. The number of carbonyl (C=O) groups excluding carboxylic acids is 2. The number of non-ortho nitro benzene ring substituents is 1. The molecule has 0 saturated heterocycles. The molecule has 1 aromatic rings. The smallest absolute Gasteiger partial charge is 0.270 e. The average molecular weight is 281 g/mol. The summed E-state index contributed by atoms with van der Waals surface area (Å²) in [5, 5.41) is 13.2. The molecule has 0 aliphatic rings. The van der Waals surface area contributed by atoms with E-state index in [1.165, 1.54) is 12.1 Å². The summed E-state index contributed by atoms with van der Waals surface area (Å²) in [6, 6.07) is 3.15. The minimum Gasteiger partial charge on any atom is -0.370 e. The number of nitro groups is 1. The Morgan fingerprint density at radius 2 is 2.10 bits per heavy atom. The van der Waals surface area contributed by atoms with Crippen molar-refractivity contribution in [3.8, 4) is 0 Å². The van der Waals surface area contributed by atoms with Crippen LogP contribution in [0.25, 0.3) is 0 Å². The Morgan fingerprint density at radius 3 is 2.60 bits per heavy atom. The summed E-state index contributed by atoms with van der Waals surface area (Å²) in [6.07, 6.45) is -0.0357. The Kier molecular flexibility index (Phi) is 4.98. The fraction of sp³-hybridized carbons (Fsp3) is 0.273. The number of hydrazine groups is 1. The van der Waals surface area contributed by atoms with Crippen LogP contribution < -0.4 is 22.3 Å². The third-order valence-corrected chi connectivity index (χ3v) is 2.50. The van der Waals surface area contributed by atoms with Crippen LogP contribution in [0.15, 0.2) is 18.2 Å². The quantitative estimate of drug-likeness (QED) is 0.323. The molecule has 20 heavy (non-hydrogen) atoms. The van der Waals surface area contributed by atoms with E-state index in [4.69, 9.17) is 11.6 Å². The van der Waals surface area contributed by atoms with Gasteiger partial charge in [0.1, 0.15) is 0 Å². The van der Waals surface area contributed by atoms with Gasteiger partial charge < -0.3 is 16.5 Å². The summed E-state index contributed by atoms with van der Waals surface area (Å²) in [6.45, 7) is 1.59. The average Bonchev–Trinajstić information content (AvgIpc) is 2.36. The highest BCUT2D eigenvalue weighted by Gasteiger charge is 2.18. The number of rotatable bonds is 6. The van der Waals surface area contributed by atoms with Crippen molar-refractivity contribution in [2.75, 3.05) is 5.43 Å². The first-order valence-electron chi connectivity index (χ1n) is 5.69. The number of primary amides is 1. The zero-order chi connectivity index (χ0) is 15.3. The highest BCUT2D eigenvalue weighted by molar-refractivity contribution is 6.00. The van der Waals surface area contributed by atoms with Crippen LogP contribution in [-0.2, 0) is 4.79 Å². The van der Waals surface area contributed by atoms with Crippen molar-refractivity contribution in [3.05, 3.63) is 33.9 Å². The van der Waals surface area contributed by atoms with Gasteiger partial charge in [-0.1, -0.05) is 0 Å². The Balaban J connectivity index is 2.98. The third-order valence-electron chi connectivity index (χ3n) is 2.50. The first-order valence-corrected chi connectivity index (χ1v) is 5.69. The molecule has 9 nitrogen and oxygen atoms in total. The second kappa shape index (κ2) is 6.48. The van der Waals surface area contributed by atoms with E-state index in [9.17, 15) is 19.7 Å². The van der Waals surface area contributed by atoms with Crippen molar-refractivity contribution in [1.29, 1.82) is 0 Å². The molecule has 1 atom stereocenters. The predicted molar refractivity (Wildman–Crippen MR) is 71.6 cm³/mol. The number of carbonyl (C=O) groups is 2. The summed E-state index contributed by atoms with van der Waals surface area (Å²) in [7, 11) is 0. The number of hydrogen-bond acceptors (Lipinski definition) is 6. The maximum atomic E-state index is 12.0. The van der Waals surface area contributed by atoms with Gasteiger partial charge in [0.05, 0.1) is 16.2 Å². The summed E-state index contributed by atoms with van der Waals surface area (Å²) in [4.78, 5) is 32.8. The number of anilines is 1. The summed E-state index contributed by atoms with van der Waals surface area (Å²) < 4.78 is 0. The van der Waals surface area contributed by atoms with Gasteiger partial charge in [-0.05, 0) is 13.0 Å². The maximum absolute atomic E-state index is 12.0. The van der Waals surface area contributed by atoms with Gasteiger partial charge >= 0.3 is 0 Å². The van der Waals surface area contributed by atoms with Crippen molar-refractivity contribution >= 4 is 23.2 Å². The van der Waals surface area contributed by atoms with Crippen LogP contribution in [0.1, 0.15) is 23.7 Å². The molecule has 108 valence electrons. The molecule has 0 heterocycles. The summed E-state index contributed by atoms with van der Waals surface area (Å²) >= 11 is 0. The second-order valence-electron chi connectivity index (χ2n) is 4.18. The van der Waals surface area contributed by atoms with E-state index in [1.807, 2.05) is 0 Å². The summed E-state index contributed by atoms with van der Waals surface area (Å²) in [5.41, 5.74) is 7.31. The van der Waals surface area contributed by atoms with Crippen LogP contribution in [0.2, 0.25) is 0 Å². The molecule has 6 N–H and O–H groups in total. The van der Waals surface area contributed by atoms with Crippen molar-refractivity contribution in [1.82, 2.24) is 5.32 Å². The lowest BCUT2D eigenvalue weighted by molar-refractivity contribution is -0.384. The molecule has 0 saturated carbocycles. The first-order chi connectivity index (χ1) is 9.35. The lowest BCUT2D eigenvalue weighted by atomic mass is 10.1. The van der Waals surface area contributed by atoms with Crippen LogP contribution in [-0.4, -0.2) is 22.8 Å². The van der Waals surface area contributed by atoms with Gasteiger partial charge in [0, 0.05) is 24.6 Å². The molecule has 0 radical (unpaired) electrons. The minimum atomic E-state index is -0.621. The number of hydrogen-bond donors (Lipinski definition) is 4. The van der Waals surface area contributed by atoms with Crippen LogP contribution in [0.5, 0.6) is 0 Å². The topological polar surface area (TPSA) is 153 Å². The summed E-state index contributed by atoms with van der Waals surface area (Å²) in [5.74, 6) is 4.10. The highest BCUT2D eigenvalue weighted by Crippen LogP contribution is 2.21. The minimum absolute atomic E-state index is 0.0121. The largest absolute Gasteiger partial charge is 0.370 e. The molecule has 9 heteroatoms. The number of benzene rings is 1. The molecule has 0 fully saturated rings. The zero-order valence-corrected chi connectivity index (χ0v) is 10.8. The number of nitrogens with two attached hydrogens (primary N) is 2. The maximum Gasteiger partial charge on any atom is 0.270 e. The van der Waals surface area contributed by atoms with E-state index >= 15 is 0 Å². The zero-order valence-electron chi connectivity index (χ0n) is 10.8. The van der Waals surface area contributed by atoms with Gasteiger partial charge in [-0.3, -0.25) is 25.5 Å². The Labute approximate surface area is 114 Å². The lowest BCUT2D eigenvalue weighted by Gasteiger charge is -2.14. The Morgan fingerprint density at radius 1 is 1.45 bits per heavy atom. The molecule has 0 aliphatic heterocycles. The Hall–Kier alpha value is -2.68. The number of nitrogens with one attached hydrogen (secondary N) is 2. The third kappa shape index (κ3) is 3.92. The lowest BCUT2D eigenvalue weighted by Crippen LogP contribution is -2.36. The van der Waals surface area contributed by atoms with Crippen LogP contribution in [0, 0.1) is 10.1 Å². The van der Waals surface area contributed by atoms with E-state index < -0.39 is 22.8 Å². The molecule has 2 amide bonds. The van der Waals surface area contributed by atoms with Crippen molar-refractivity contribution < 1.29 is 14.5 Å². The van der Waals surface area contributed by atoms with Gasteiger partial charge in [-0.25, -0.2) is 0 Å². The molecule has 1 unspecified atom stereocenters. The molecule has 1 aromatic carbocycles. The second-order valence-corrected chi connectivity index (χ2v) is 4.18.